The van der Waals surface area contributed by atoms with Crippen LogP contribution in [0.15, 0.2) is 46.2 Å². The Morgan fingerprint density at radius 3 is 2.40 bits per heavy atom. The van der Waals surface area contributed by atoms with Gasteiger partial charge in [-0.2, -0.15) is 0 Å². The first-order chi connectivity index (χ1) is 9.52. The average Bonchev–Trinajstić information content (AvgIpc) is 2.44. The number of halogens is 2. The van der Waals surface area contributed by atoms with Gasteiger partial charge in [0.25, 0.3) is 0 Å². The molecule has 1 atom stereocenters. The van der Waals surface area contributed by atoms with Crippen molar-refractivity contribution in [2.45, 2.75) is 29.7 Å². The highest BCUT2D eigenvalue weighted by atomic mass is 32.2. The predicted octanol–water partition coefficient (Wildman–Crippen LogP) is 4.70. The standard InChI is InChI=1S/C16H17F2NS/c1-10-8-16(12(9-14(10)18)11(2)19-3)20-15-7-5-4-6-13(15)17/h4-9,11,19H,1-3H3. The van der Waals surface area contributed by atoms with Crippen LogP contribution >= 0.6 is 11.8 Å². The third-order valence-electron chi connectivity index (χ3n) is 3.25. The lowest BCUT2D eigenvalue weighted by Gasteiger charge is -2.17. The highest BCUT2D eigenvalue weighted by molar-refractivity contribution is 7.99. The topological polar surface area (TPSA) is 12.0 Å². The van der Waals surface area contributed by atoms with Crippen LogP contribution in [0.1, 0.15) is 24.1 Å². The first kappa shape index (κ1) is 15.0. The molecular weight excluding hydrogens is 276 g/mol. The smallest absolute Gasteiger partial charge is 0.137 e. The van der Waals surface area contributed by atoms with Gasteiger partial charge in [-0.15, -0.1) is 0 Å². The molecule has 2 aromatic carbocycles. The first-order valence-corrected chi connectivity index (χ1v) is 7.24. The summed E-state index contributed by atoms with van der Waals surface area (Å²) in [7, 11) is 1.82. The summed E-state index contributed by atoms with van der Waals surface area (Å²) in [6, 6.07) is 9.91. The lowest BCUT2D eigenvalue weighted by molar-refractivity contribution is 0.593. The van der Waals surface area contributed by atoms with Crippen LogP contribution in [-0.4, -0.2) is 7.05 Å². The van der Waals surface area contributed by atoms with Crippen LogP contribution in [0, 0.1) is 18.6 Å². The summed E-state index contributed by atoms with van der Waals surface area (Å²) in [4.78, 5) is 1.42. The maximum absolute atomic E-state index is 13.8. The Hall–Kier alpha value is -1.39. The van der Waals surface area contributed by atoms with Crippen molar-refractivity contribution < 1.29 is 8.78 Å². The zero-order valence-electron chi connectivity index (χ0n) is 11.7. The summed E-state index contributed by atoms with van der Waals surface area (Å²) in [6.07, 6.45) is 0. The van der Waals surface area contributed by atoms with Crippen molar-refractivity contribution in [2.24, 2.45) is 0 Å². The van der Waals surface area contributed by atoms with Gasteiger partial charge in [-0.1, -0.05) is 23.9 Å². The van der Waals surface area contributed by atoms with Gasteiger partial charge in [0, 0.05) is 15.8 Å². The quantitative estimate of drug-likeness (QED) is 0.876. The fraction of sp³-hybridized carbons (Fsp3) is 0.250. The molecule has 0 fully saturated rings. The molecule has 0 aliphatic rings. The molecule has 106 valence electrons. The Balaban J connectivity index is 2.45. The number of hydrogen-bond donors (Lipinski definition) is 1. The van der Waals surface area contributed by atoms with Crippen molar-refractivity contribution >= 4 is 11.8 Å². The molecule has 2 rings (SSSR count). The van der Waals surface area contributed by atoms with Gasteiger partial charge in [0.1, 0.15) is 11.6 Å². The van der Waals surface area contributed by atoms with Crippen LogP contribution in [0.3, 0.4) is 0 Å². The van der Waals surface area contributed by atoms with Crippen LogP contribution < -0.4 is 5.32 Å². The Kier molecular flexibility index (Phi) is 4.78. The van der Waals surface area contributed by atoms with Crippen molar-refractivity contribution in [3.63, 3.8) is 0 Å². The zero-order valence-corrected chi connectivity index (χ0v) is 12.5. The minimum atomic E-state index is -0.262. The van der Waals surface area contributed by atoms with Crippen molar-refractivity contribution in [1.82, 2.24) is 5.32 Å². The summed E-state index contributed by atoms with van der Waals surface area (Å²) in [5, 5.41) is 3.09. The molecule has 0 saturated heterocycles. The second-order valence-electron chi connectivity index (χ2n) is 4.68. The molecule has 1 nitrogen and oxygen atoms in total. The van der Waals surface area contributed by atoms with Gasteiger partial charge in [-0.25, -0.2) is 8.78 Å². The summed E-state index contributed by atoms with van der Waals surface area (Å²) in [5.74, 6) is -0.498. The van der Waals surface area contributed by atoms with Gasteiger partial charge in [-0.05, 0) is 56.3 Å². The van der Waals surface area contributed by atoms with Crippen molar-refractivity contribution in [3.05, 3.63) is 59.2 Å². The van der Waals surface area contributed by atoms with Crippen LogP contribution in [0.2, 0.25) is 0 Å². The summed E-state index contributed by atoms with van der Waals surface area (Å²) >= 11 is 1.33. The number of rotatable bonds is 4. The second-order valence-corrected chi connectivity index (χ2v) is 5.77. The maximum Gasteiger partial charge on any atom is 0.137 e. The fourth-order valence-electron chi connectivity index (χ4n) is 1.90. The Morgan fingerprint density at radius 2 is 1.75 bits per heavy atom. The SMILES string of the molecule is CNC(C)c1cc(F)c(C)cc1Sc1ccccc1F. The van der Waals surface area contributed by atoms with E-state index >= 15 is 0 Å². The second kappa shape index (κ2) is 6.37. The molecule has 1 N–H and O–H groups in total. The molecular formula is C16H17F2NS. The van der Waals surface area contributed by atoms with E-state index in [0.717, 1.165) is 10.5 Å². The number of hydrogen-bond acceptors (Lipinski definition) is 2. The van der Waals surface area contributed by atoms with E-state index in [2.05, 4.69) is 5.32 Å². The molecule has 0 spiro atoms. The van der Waals surface area contributed by atoms with E-state index < -0.39 is 0 Å². The first-order valence-electron chi connectivity index (χ1n) is 6.42. The number of benzene rings is 2. The third-order valence-corrected chi connectivity index (χ3v) is 4.37. The molecule has 4 heteroatoms. The third kappa shape index (κ3) is 3.19. The molecule has 0 amide bonds. The Morgan fingerprint density at radius 1 is 1.05 bits per heavy atom. The molecule has 20 heavy (non-hydrogen) atoms. The lowest BCUT2D eigenvalue weighted by atomic mass is 10.1. The molecule has 0 radical (unpaired) electrons. The molecule has 2 aromatic rings. The molecule has 1 unspecified atom stereocenters. The van der Waals surface area contributed by atoms with Gasteiger partial charge in [0.2, 0.25) is 0 Å². The number of nitrogens with one attached hydrogen (secondary N) is 1. The molecule has 0 heterocycles. The van der Waals surface area contributed by atoms with Gasteiger partial charge < -0.3 is 5.32 Å². The lowest BCUT2D eigenvalue weighted by Crippen LogP contribution is -2.13. The van der Waals surface area contributed by atoms with Crippen molar-refractivity contribution in [3.8, 4) is 0 Å². The normalized spacial score (nSPS) is 12.4. The van der Waals surface area contributed by atoms with Gasteiger partial charge in [0.05, 0.1) is 0 Å². The van der Waals surface area contributed by atoms with Crippen LogP contribution in [-0.2, 0) is 0 Å². The van der Waals surface area contributed by atoms with Crippen LogP contribution in [0.25, 0.3) is 0 Å². The highest BCUT2D eigenvalue weighted by Gasteiger charge is 2.14. The Labute approximate surface area is 122 Å². The van der Waals surface area contributed by atoms with Gasteiger partial charge in [0.15, 0.2) is 0 Å². The number of aryl methyl sites for hydroxylation is 1. The summed E-state index contributed by atoms with van der Waals surface area (Å²) < 4.78 is 27.5. The Bertz CT molecular complexity index is 613. The van der Waals surface area contributed by atoms with E-state index in [9.17, 15) is 8.78 Å². The average molecular weight is 293 g/mol. The molecule has 0 aromatic heterocycles. The largest absolute Gasteiger partial charge is 0.313 e. The van der Waals surface area contributed by atoms with Crippen molar-refractivity contribution in [1.29, 1.82) is 0 Å². The zero-order chi connectivity index (χ0) is 14.7. The molecule has 0 saturated carbocycles. The van der Waals surface area contributed by atoms with Gasteiger partial charge in [-0.3, -0.25) is 0 Å². The van der Waals surface area contributed by atoms with E-state index in [1.165, 1.54) is 23.9 Å². The van der Waals surface area contributed by atoms with Crippen LogP contribution in [0.4, 0.5) is 8.78 Å². The fourth-order valence-corrected chi connectivity index (χ4v) is 3.04. The predicted molar refractivity (Wildman–Crippen MR) is 79.1 cm³/mol. The van der Waals surface area contributed by atoms with Gasteiger partial charge >= 0.3 is 0 Å². The van der Waals surface area contributed by atoms with E-state index in [1.807, 2.05) is 14.0 Å². The van der Waals surface area contributed by atoms with E-state index in [-0.39, 0.29) is 17.7 Å². The van der Waals surface area contributed by atoms with E-state index in [0.29, 0.717) is 10.5 Å². The molecule has 0 aliphatic carbocycles. The minimum Gasteiger partial charge on any atom is -0.313 e. The summed E-state index contributed by atoms with van der Waals surface area (Å²) in [5.41, 5.74) is 1.40. The highest BCUT2D eigenvalue weighted by Crippen LogP contribution is 2.36. The molecule has 0 bridgehead atoms. The van der Waals surface area contributed by atoms with E-state index in [4.69, 9.17) is 0 Å². The van der Waals surface area contributed by atoms with Crippen LogP contribution in [0.5, 0.6) is 0 Å². The molecule has 0 aliphatic heterocycles. The minimum absolute atomic E-state index is 0.000580. The maximum atomic E-state index is 13.8. The summed E-state index contributed by atoms with van der Waals surface area (Å²) in [6.45, 7) is 3.67. The monoisotopic (exact) mass is 293 g/mol. The van der Waals surface area contributed by atoms with E-state index in [1.54, 1.807) is 31.2 Å². The van der Waals surface area contributed by atoms with Crippen molar-refractivity contribution in [2.75, 3.05) is 7.05 Å².